The van der Waals surface area contributed by atoms with Gasteiger partial charge in [0.1, 0.15) is 11.2 Å². The summed E-state index contributed by atoms with van der Waals surface area (Å²) in [6.07, 6.45) is 11.8. The molecule has 2 amide bonds. The van der Waals surface area contributed by atoms with Crippen molar-refractivity contribution in [1.29, 1.82) is 0 Å². The van der Waals surface area contributed by atoms with Crippen molar-refractivity contribution in [3.8, 4) is 0 Å². The molecule has 6 aliphatic heterocycles. The van der Waals surface area contributed by atoms with E-state index < -0.39 is 16.8 Å². The summed E-state index contributed by atoms with van der Waals surface area (Å²) in [7, 11) is 0. The molecular formula is C50H78ClN3O7. The number of rotatable bonds is 6. The second-order valence-corrected chi connectivity index (χ2v) is 21.7. The summed E-state index contributed by atoms with van der Waals surface area (Å²) in [6.45, 7) is 23.4. The van der Waals surface area contributed by atoms with Crippen molar-refractivity contribution in [3.05, 3.63) is 70.8 Å². The second kappa shape index (κ2) is 19.5. The van der Waals surface area contributed by atoms with Crippen LogP contribution in [0.4, 0.5) is 9.59 Å². The van der Waals surface area contributed by atoms with Gasteiger partial charge in [0, 0.05) is 36.3 Å². The average Bonchev–Trinajstić information content (AvgIpc) is 3.74. The lowest BCUT2D eigenvalue weighted by atomic mass is 9.87. The molecule has 6 fully saturated rings. The first-order valence-corrected chi connectivity index (χ1v) is 22.9. The highest BCUT2D eigenvalue weighted by Gasteiger charge is 2.50. The molecule has 6 aliphatic rings. The lowest BCUT2D eigenvalue weighted by Gasteiger charge is -2.44. The van der Waals surface area contributed by atoms with Crippen LogP contribution in [-0.4, -0.2) is 91.3 Å². The molecule has 8 rings (SSSR count). The van der Waals surface area contributed by atoms with Crippen molar-refractivity contribution in [1.82, 2.24) is 15.1 Å². The molecule has 0 aromatic heterocycles. The van der Waals surface area contributed by atoms with Gasteiger partial charge in [0.25, 0.3) is 0 Å². The zero-order valence-corrected chi connectivity index (χ0v) is 40.0. The molecule has 0 spiro atoms. The Kier molecular flexibility index (Phi) is 15.7. The minimum Gasteiger partial charge on any atom is -0.444 e. The molecule has 342 valence electrons. The van der Waals surface area contributed by atoms with E-state index in [9.17, 15) is 14.7 Å². The summed E-state index contributed by atoms with van der Waals surface area (Å²) in [5, 5.41) is 13.8. The molecule has 0 saturated carbocycles. The predicted molar refractivity (Wildman–Crippen MR) is 244 cm³/mol. The highest BCUT2D eigenvalue weighted by Crippen LogP contribution is 2.44. The van der Waals surface area contributed by atoms with Crippen LogP contribution in [0.1, 0.15) is 162 Å². The maximum Gasteiger partial charge on any atom is 0.410 e. The first kappa shape index (κ1) is 49.1. The molecule has 11 heteroatoms. The average molecular weight is 869 g/mol. The van der Waals surface area contributed by atoms with Gasteiger partial charge in [0.15, 0.2) is 0 Å². The number of halogens is 1. The van der Waals surface area contributed by atoms with Gasteiger partial charge >= 0.3 is 12.2 Å². The first-order chi connectivity index (χ1) is 28.0. The molecule has 0 aliphatic carbocycles. The number of piperidine rings is 3. The molecule has 2 aromatic rings. The van der Waals surface area contributed by atoms with Crippen LogP contribution in [0.3, 0.4) is 0 Å². The van der Waals surface area contributed by atoms with Crippen molar-refractivity contribution in [3.63, 3.8) is 0 Å². The number of nitrogens with zero attached hydrogens (tertiary/aromatic N) is 2. The fraction of sp³-hybridized carbons (Fsp3) is 0.720. The van der Waals surface area contributed by atoms with Crippen LogP contribution in [0.15, 0.2) is 48.5 Å². The van der Waals surface area contributed by atoms with Gasteiger partial charge in [-0.15, -0.1) is 12.4 Å². The van der Waals surface area contributed by atoms with E-state index in [1.165, 1.54) is 35.1 Å². The zero-order chi connectivity index (χ0) is 43.7. The molecule has 2 N–H and O–H groups in total. The largest absolute Gasteiger partial charge is 0.444 e. The normalized spacial score (nSPS) is 32.5. The number of hydrogen-bond donors (Lipinski definition) is 2. The predicted octanol–water partition coefficient (Wildman–Crippen LogP) is 10.7. The lowest BCUT2D eigenvalue weighted by molar-refractivity contribution is -0.100. The SMILES string of the molecule is CC1(O)CC2CCC(C1)N2C(=O)OC(C)(C)C.Cc1ccccc1COC1(C)CC2CCC(C1)N2.Cc1ccccc1COC1(C)CC2CCC(C1)N2C(=O)OC(C)(C)C.Cl. The number of aliphatic hydroxyl groups is 1. The number of benzene rings is 2. The van der Waals surface area contributed by atoms with Gasteiger partial charge < -0.3 is 39.2 Å². The second-order valence-electron chi connectivity index (χ2n) is 21.7. The molecule has 6 saturated heterocycles. The smallest absolute Gasteiger partial charge is 0.410 e. The number of carbonyl (C=O) groups excluding carboxylic acids is 2. The molecule has 6 atom stereocenters. The Balaban J connectivity index is 0.000000176. The Bertz CT molecular complexity index is 1750. The minimum atomic E-state index is -0.621. The van der Waals surface area contributed by atoms with Crippen LogP contribution in [0.2, 0.25) is 0 Å². The Hall–Kier alpha value is -2.89. The van der Waals surface area contributed by atoms with Crippen LogP contribution in [-0.2, 0) is 32.2 Å². The van der Waals surface area contributed by atoms with Crippen molar-refractivity contribution >= 4 is 24.6 Å². The Morgan fingerprint density at radius 3 is 1.31 bits per heavy atom. The van der Waals surface area contributed by atoms with Crippen LogP contribution >= 0.6 is 12.4 Å². The molecule has 0 radical (unpaired) electrons. The van der Waals surface area contributed by atoms with Gasteiger partial charge in [-0.1, -0.05) is 48.5 Å². The van der Waals surface area contributed by atoms with Gasteiger partial charge in [-0.05, 0) is 175 Å². The molecular weight excluding hydrogens is 790 g/mol. The molecule has 10 nitrogen and oxygen atoms in total. The number of hydrogen-bond acceptors (Lipinski definition) is 8. The van der Waals surface area contributed by atoms with E-state index in [0.717, 1.165) is 58.0 Å². The number of aryl methyl sites for hydroxylation is 2. The van der Waals surface area contributed by atoms with E-state index in [-0.39, 0.29) is 60.0 Å². The summed E-state index contributed by atoms with van der Waals surface area (Å²) in [4.78, 5) is 28.5. The van der Waals surface area contributed by atoms with E-state index in [4.69, 9.17) is 18.9 Å². The number of amides is 2. The Morgan fingerprint density at radius 2 is 0.951 bits per heavy atom. The Morgan fingerprint density at radius 1 is 0.607 bits per heavy atom. The fourth-order valence-corrected chi connectivity index (χ4v) is 10.8. The van der Waals surface area contributed by atoms with Gasteiger partial charge in [-0.25, -0.2) is 9.59 Å². The van der Waals surface area contributed by atoms with Crippen molar-refractivity contribution in [2.45, 2.75) is 231 Å². The standard InChI is InChI=1S/C21H31NO3.C16H23NO.C13H23NO3.ClH/c1-15-8-6-7-9-16(15)14-24-21(5)12-17-10-11-18(13-21)22(17)19(23)25-20(2,3)4;1-12-5-3-4-6-13(12)11-18-16(2)9-14-7-8-15(10-16)17-14;1-12(2,3)17-11(15)14-9-5-6-10(14)8-13(4,16)7-9;/h6-9,17-18H,10-14H2,1-5H3;3-6,14-15,17H,7-11H2,1-2H3;9-10,16H,5-8H2,1-4H3;1H. The summed E-state index contributed by atoms with van der Waals surface area (Å²) in [5.74, 6) is 0. The number of ether oxygens (including phenoxy) is 4. The van der Waals surface area contributed by atoms with E-state index >= 15 is 0 Å². The van der Waals surface area contributed by atoms with Crippen LogP contribution in [0.5, 0.6) is 0 Å². The summed E-state index contributed by atoms with van der Waals surface area (Å²) in [5.41, 5.74) is 3.54. The van der Waals surface area contributed by atoms with E-state index in [0.29, 0.717) is 31.5 Å². The molecule has 2 aromatic carbocycles. The quantitative estimate of drug-likeness (QED) is 0.295. The monoisotopic (exact) mass is 868 g/mol. The first-order valence-electron chi connectivity index (χ1n) is 22.9. The van der Waals surface area contributed by atoms with Crippen molar-refractivity contribution in [2.24, 2.45) is 0 Å². The lowest BCUT2D eigenvalue weighted by Crippen LogP contribution is -2.54. The summed E-state index contributed by atoms with van der Waals surface area (Å²) >= 11 is 0. The Labute approximate surface area is 373 Å². The third-order valence-electron chi connectivity index (χ3n) is 13.5. The third-order valence-corrected chi connectivity index (χ3v) is 13.5. The van der Waals surface area contributed by atoms with Gasteiger partial charge in [-0.3, -0.25) is 0 Å². The zero-order valence-electron chi connectivity index (χ0n) is 39.2. The minimum absolute atomic E-state index is 0. The number of carbonyl (C=O) groups is 2. The van der Waals surface area contributed by atoms with Crippen molar-refractivity contribution < 1.29 is 33.6 Å². The molecule has 6 unspecified atom stereocenters. The topological polar surface area (TPSA) is 110 Å². The molecule has 6 bridgehead atoms. The van der Waals surface area contributed by atoms with Crippen molar-refractivity contribution in [2.75, 3.05) is 0 Å². The van der Waals surface area contributed by atoms with E-state index in [1.807, 2.05) is 58.3 Å². The van der Waals surface area contributed by atoms with Gasteiger partial charge in [0.2, 0.25) is 0 Å². The van der Waals surface area contributed by atoms with E-state index in [2.05, 4.69) is 81.5 Å². The maximum atomic E-state index is 12.6. The number of nitrogens with one attached hydrogen (secondary N) is 1. The highest BCUT2D eigenvalue weighted by atomic mass is 35.5. The number of fused-ring (bicyclic) bond motifs is 6. The van der Waals surface area contributed by atoms with Crippen LogP contribution in [0.25, 0.3) is 0 Å². The molecule has 6 heterocycles. The summed E-state index contributed by atoms with van der Waals surface area (Å²) in [6, 6.07) is 19.0. The van der Waals surface area contributed by atoms with Gasteiger partial charge in [0.05, 0.1) is 30.0 Å². The molecule has 61 heavy (non-hydrogen) atoms. The van der Waals surface area contributed by atoms with Gasteiger partial charge in [-0.2, -0.15) is 0 Å². The summed E-state index contributed by atoms with van der Waals surface area (Å²) < 4.78 is 23.7. The van der Waals surface area contributed by atoms with Crippen LogP contribution < -0.4 is 5.32 Å². The maximum absolute atomic E-state index is 12.6. The third kappa shape index (κ3) is 13.3. The van der Waals surface area contributed by atoms with E-state index in [1.54, 1.807) is 0 Å². The van der Waals surface area contributed by atoms with Crippen LogP contribution in [0, 0.1) is 13.8 Å². The fourth-order valence-electron chi connectivity index (χ4n) is 10.8. The highest BCUT2D eigenvalue weighted by molar-refractivity contribution is 5.85.